The van der Waals surface area contributed by atoms with Gasteiger partial charge in [0, 0.05) is 0 Å². The second kappa shape index (κ2) is 4.86. The maximum absolute atomic E-state index is 12.0. The maximum atomic E-state index is 12.0. The first-order chi connectivity index (χ1) is 9.63. The zero-order chi connectivity index (χ0) is 14.1. The fraction of sp³-hybridized carbons (Fsp3) is 0.133. The third kappa shape index (κ3) is 2.31. The minimum Gasteiger partial charge on any atom is -0.245 e. The van der Waals surface area contributed by atoms with Gasteiger partial charge in [-0.25, -0.2) is 15.2 Å². The van der Waals surface area contributed by atoms with Crippen LogP contribution in [-0.4, -0.2) is 6.03 Å². The zero-order valence-electron chi connectivity index (χ0n) is 11.4. The fourth-order valence-corrected chi connectivity index (χ4v) is 2.00. The first-order valence-corrected chi connectivity index (χ1v) is 6.44. The van der Waals surface area contributed by atoms with Crippen molar-refractivity contribution in [3.05, 3.63) is 59.7 Å². The van der Waals surface area contributed by atoms with E-state index in [0.29, 0.717) is 0 Å². The van der Waals surface area contributed by atoms with Gasteiger partial charge in [-0.1, -0.05) is 35.4 Å². The molecule has 0 unspecified atom stereocenters. The van der Waals surface area contributed by atoms with Gasteiger partial charge >= 0.3 is 6.03 Å². The number of hydrogen-bond donors (Lipinski definition) is 2. The molecule has 1 heterocycles. The quantitative estimate of drug-likeness (QED) is 0.880. The number of carbonyl (C=O) groups is 1. The number of hydrazine groups is 3. The topological polar surface area (TPSA) is 47.6 Å². The Morgan fingerprint density at radius 2 is 1.30 bits per heavy atom. The van der Waals surface area contributed by atoms with Crippen molar-refractivity contribution in [2.24, 2.45) is 0 Å². The largest absolute Gasteiger partial charge is 0.358 e. The molecule has 2 amide bonds. The standard InChI is InChI=1S/C15H16N4O/c1-11-3-7-13(8-4-11)18-15(20)16-19(17-18)14-9-5-12(2)6-10-14/h3-10,17H,1-2H3,(H,16,20). The van der Waals surface area contributed by atoms with Crippen LogP contribution in [-0.2, 0) is 0 Å². The van der Waals surface area contributed by atoms with Gasteiger partial charge in [0.05, 0.1) is 11.4 Å². The number of nitrogens with zero attached hydrogens (tertiary/aromatic N) is 2. The summed E-state index contributed by atoms with van der Waals surface area (Å²) in [4.78, 5) is 12.0. The van der Waals surface area contributed by atoms with E-state index in [9.17, 15) is 4.79 Å². The zero-order valence-corrected chi connectivity index (χ0v) is 11.4. The van der Waals surface area contributed by atoms with E-state index in [-0.39, 0.29) is 6.03 Å². The highest BCUT2D eigenvalue weighted by Crippen LogP contribution is 2.19. The number of nitrogens with one attached hydrogen (secondary N) is 2. The normalized spacial score (nSPS) is 14.6. The van der Waals surface area contributed by atoms with Gasteiger partial charge in [0.25, 0.3) is 0 Å². The van der Waals surface area contributed by atoms with E-state index >= 15 is 0 Å². The molecule has 0 spiro atoms. The Labute approximate surface area is 117 Å². The summed E-state index contributed by atoms with van der Waals surface area (Å²) in [5, 5.41) is 3.07. The van der Waals surface area contributed by atoms with Crippen LogP contribution >= 0.6 is 0 Å². The average Bonchev–Trinajstić information content (AvgIpc) is 2.82. The molecular formula is C15H16N4O. The molecule has 0 aliphatic carbocycles. The van der Waals surface area contributed by atoms with E-state index in [1.165, 1.54) is 10.6 Å². The first-order valence-electron chi connectivity index (χ1n) is 6.44. The molecule has 0 bridgehead atoms. The number of amides is 2. The first kappa shape index (κ1) is 12.5. The summed E-state index contributed by atoms with van der Waals surface area (Å²) >= 11 is 0. The van der Waals surface area contributed by atoms with E-state index in [1.54, 1.807) is 5.12 Å². The summed E-state index contributed by atoms with van der Waals surface area (Å²) in [5.41, 5.74) is 9.78. The summed E-state index contributed by atoms with van der Waals surface area (Å²) < 4.78 is 0. The van der Waals surface area contributed by atoms with Crippen molar-refractivity contribution in [3.8, 4) is 0 Å². The summed E-state index contributed by atoms with van der Waals surface area (Å²) in [7, 11) is 0. The van der Waals surface area contributed by atoms with Gasteiger partial charge < -0.3 is 0 Å². The number of anilines is 2. The molecule has 3 rings (SSSR count). The predicted octanol–water partition coefficient (Wildman–Crippen LogP) is 2.67. The number of urea groups is 1. The van der Waals surface area contributed by atoms with Gasteiger partial charge in [-0.3, -0.25) is 0 Å². The van der Waals surface area contributed by atoms with E-state index in [0.717, 1.165) is 16.9 Å². The molecule has 1 aliphatic rings. The van der Waals surface area contributed by atoms with Crippen LogP contribution in [0, 0.1) is 13.8 Å². The minimum atomic E-state index is -0.213. The van der Waals surface area contributed by atoms with Crippen LogP contribution in [0.25, 0.3) is 0 Å². The van der Waals surface area contributed by atoms with Crippen molar-refractivity contribution in [1.82, 2.24) is 11.0 Å². The van der Waals surface area contributed by atoms with Crippen LogP contribution in [0.5, 0.6) is 0 Å². The smallest absolute Gasteiger partial charge is 0.245 e. The van der Waals surface area contributed by atoms with Crippen LogP contribution in [0.1, 0.15) is 11.1 Å². The number of rotatable bonds is 2. The summed E-state index contributed by atoms with van der Waals surface area (Å²) in [6.45, 7) is 4.04. The molecule has 102 valence electrons. The monoisotopic (exact) mass is 268 g/mol. The second-order valence-electron chi connectivity index (χ2n) is 4.86. The molecule has 5 heteroatoms. The molecule has 0 aromatic heterocycles. The maximum Gasteiger partial charge on any atom is 0.358 e. The van der Waals surface area contributed by atoms with Crippen LogP contribution < -0.4 is 21.1 Å². The minimum absolute atomic E-state index is 0.213. The highest BCUT2D eigenvalue weighted by Gasteiger charge is 2.28. The van der Waals surface area contributed by atoms with Crippen molar-refractivity contribution < 1.29 is 4.79 Å². The van der Waals surface area contributed by atoms with Crippen LogP contribution in [0.2, 0.25) is 0 Å². The van der Waals surface area contributed by atoms with Gasteiger partial charge in [0.2, 0.25) is 0 Å². The molecule has 1 saturated heterocycles. The highest BCUT2D eigenvalue weighted by molar-refractivity contribution is 5.94. The Balaban J connectivity index is 1.81. The average molecular weight is 268 g/mol. The number of aryl methyl sites for hydroxylation is 2. The summed E-state index contributed by atoms with van der Waals surface area (Å²) in [6.07, 6.45) is 0. The Morgan fingerprint density at radius 1 is 0.800 bits per heavy atom. The number of benzene rings is 2. The van der Waals surface area contributed by atoms with Crippen molar-refractivity contribution in [2.45, 2.75) is 13.8 Å². The Morgan fingerprint density at radius 3 is 1.85 bits per heavy atom. The highest BCUT2D eigenvalue weighted by atomic mass is 16.2. The third-order valence-corrected chi connectivity index (χ3v) is 3.19. The molecule has 2 aromatic carbocycles. The third-order valence-electron chi connectivity index (χ3n) is 3.19. The van der Waals surface area contributed by atoms with E-state index in [2.05, 4.69) is 11.0 Å². The lowest BCUT2D eigenvalue weighted by Gasteiger charge is -2.18. The molecule has 5 nitrogen and oxygen atoms in total. The number of hydrogen-bond acceptors (Lipinski definition) is 3. The second-order valence-corrected chi connectivity index (χ2v) is 4.86. The van der Waals surface area contributed by atoms with Gasteiger partial charge in [-0.15, -0.1) is 5.53 Å². The van der Waals surface area contributed by atoms with E-state index < -0.39 is 0 Å². The lowest BCUT2D eigenvalue weighted by Crippen LogP contribution is -2.42. The molecule has 1 aliphatic heterocycles. The Bertz CT molecular complexity index is 621. The van der Waals surface area contributed by atoms with Crippen molar-refractivity contribution in [2.75, 3.05) is 10.1 Å². The lowest BCUT2D eigenvalue weighted by molar-refractivity contribution is 0.251. The van der Waals surface area contributed by atoms with Gasteiger partial charge in [0.1, 0.15) is 0 Å². The van der Waals surface area contributed by atoms with Gasteiger partial charge in [0.15, 0.2) is 0 Å². The lowest BCUT2D eigenvalue weighted by atomic mass is 10.2. The molecule has 2 aromatic rings. The molecule has 2 N–H and O–H groups in total. The summed E-state index contributed by atoms with van der Waals surface area (Å²) in [5.74, 6) is 0. The van der Waals surface area contributed by atoms with Crippen molar-refractivity contribution >= 4 is 17.4 Å². The van der Waals surface area contributed by atoms with Crippen molar-refractivity contribution in [1.29, 1.82) is 0 Å². The molecule has 0 atom stereocenters. The molecule has 0 radical (unpaired) electrons. The Hall–Kier alpha value is -2.53. The van der Waals surface area contributed by atoms with Crippen LogP contribution in [0.4, 0.5) is 16.2 Å². The molecule has 1 fully saturated rings. The van der Waals surface area contributed by atoms with Crippen LogP contribution in [0.3, 0.4) is 0 Å². The van der Waals surface area contributed by atoms with Gasteiger partial charge in [-0.05, 0) is 38.1 Å². The van der Waals surface area contributed by atoms with E-state index in [4.69, 9.17) is 0 Å². The predicted molar refractivity (Wildman–Crippen MR) is 79.0 cm³/mol. The molecule has 0 saturated carbocycles. The molecule has 20 heavy (non-hydrogen) atoms. The number of carbonyl (C=O) groups excluding carboxylic acids is 1. The fourth-order valence-electron chi connectivity index (χ4n) is 2.00. The van der Waals surface area contributed by atoms with Gasteiger partial charge in [-0.2, -0.15) is 5.12 Å². The van der Waals surface area contributed by atoms with Crippen molar-refractivity contribution in [3.63, 3.8) is 0 Å². The molecular weight excluding hydrogens is 252 g/mol. The Kier molecular flexibility index (Phi) is 3.04. The van der Waals surface area contributed by atoms with E-state index in [1.807, 2.05) is 62.4 Å². The SMILES string of the molecule is Cc1ccc(N2NC(=O)N(c3ccc(C)cc3)N2)cc1. The summed E-state index contributed by atoms with van der Waals surface area (Å²) in [6, 6.07) is 15.4. The van der Waals surface area contributed by atoms with Crippen LogP contribution in [0.15, 0.2) is 48.5 Å².